The van der Waals surface area contributed by atoms with Crippen molar-refractivity contribution < 1.29 is 9.90 Å². The highest BCUT2D eigenvalue weighted by Crippen LogP contribution is 2.30. The maximum absolute atomic E-state index is 12.1. The number of carbonyl (C=O) groups is 1. The Morgan fingerprint density at radius 2 is 1.95 bits per heavy atom. The summed E-state index contributed by atoms with van der Waals surface area (Å²) in [4.78, 5) is 12.1. The second-order valence-corrected chi connectivity index (χ2v) is 6.14. The molecule has 0 radical (unpaired) electrons. The molecule has 1 fully saturated rings. The molecule has 0 spiro atoms. The van der Waals surface area contributed by atoms with E-state index in [1.54, 1.807) is 0 Å². The van der Waals surface area contributed by atoms with Gasteiger partial charge in [0.05, 0.1) is 0 Å². The Morgan fingerprint density at radius 3 is 2.62 bits per heavy atom. The van der Waals surface area contributed by atoms with Crippen LogP contribution in [0.1, 0.15) is 54.9 Å². The van der Waals surface area contributed by atoms with Gasteiger partial charge in [0, 0.05) is 18.7 Å². The maximum atomic E-state index is 12.1. The molecular formula is C18H27NO2. The van der Waals surface area contributed by atoms with Crippen LogP contribution in [0.5, 0.6) is 0 Å². The summed E-state index contributed by atoms with van der Waals surface area (Å²) in [5, 5.41) is 12.3. The van der Waals surface area contributed by atoms with Gasteiger partial charge < -0.3 is 10.4 Å². The van der Waals surface area contributed by atoms with Crippen molar-refractivity contribution in [3.05, 3.63) is 35.4 Å². The summed E-state index contributed by atoms with van der Waals surface area (Å²) in [6.45, 7) is 3.11. The summed E-state index contributed by atoms with van der Waals surface area (Å²) < 4.78 is 0. The van der Waals surface area contributed by atoms with Gasteiger partial charge >= 0.3 is 0 Å². The zero-order valence-electron chi connectivity index (χ0n) is 13.0. The number of hydrogen-bond donors (Lipinski definition) is 2. The molecule has 3 nitrogen and oxygen atoms in total. The van der Waals surface area contributed by atoms with Crippen LogP contribution in [0, 0.1) is 11.8 Å². The highest BCUT2D eigenvalue weighted by molar-refractivity contribution is 5.94. The maximum Gasteiger partial charge on any atom is 0.251 e. The summed E-state index contributed by atoms with van der Waals surface area (Å²) in [5.41, 5.74) is 2.03. The van der Waals surface area contributed by atoms with Crippen molar-refractivity contribution >= 4 is 5.91 Å². The van der Waals surface area contributed by atoms with Crippen molar-refractivity contribution in [2.75, 3.05) is 13.2 Å². The molecule has 0 saturated heterocycles. The molecule has 1 aromatic carbocycles. The van der Waals surface area contributed by atoms with Crippen molar-refractivity contribution in [2.24, 2.45) is 11.8 Å². The highest BCUT2D eigenvalue weighted by Gasteiger charge is 2.26. The van der Waals surface area contributed by atoms with Crippen LogP contribution in [0.15, 0.2) is 24.3 Å². The Hall–Kier alpha value is -1.35. The summed E-state index contributed by atoms with van der Waals surface area (Å²) in [7, 11) is 0. The Labute approximate surface area is 127 Å². The third-order valence-electron chi connectivity index (χ3n) is 4.61. The standard InChI is InChI=1S/C18H27NO2/c1-2-3-5-14-8-10-15(11-9-14)18(21)19-12-16-6-4-7-17(16)13-20/h8-11,16-17,20H,2-7,12-13H2,1H3,(H,19,21). The largest absolute Gasteiger partial charge is 0.396 e. The van der Waals surface area contributed by atoms with E-state index in [-0.39, 0.29) is 12.5 Å². The van der Waals surface area contributed by atoms with Crippen molar-refractivity contribution in [3.63, 3.8) is 0 Å². The lowest BCUT2D eigenvalue weighted by Crippen LogP contribution is -2.31. The van der Waals surface area contributed by atoms with Crippen LogP contribution in [-0.4, -0.2) is 24.2 Å². The summed E-state index contributed by atoms with van der Waals surface area (Å²) in [6.07, 6.45) is 6.83. The average Bonchev–Trinajstić information content (AvgIpc) is 2.98. The molecule has 1 aliphatic carbocycles. The van der Waals surface area contributed by atoms with Crippen LogP contribution in [0.25, 0.3) is 0 Å². The van der Waals surface area contributed by atoms with E-state index in [9.17, 15) is 9.90 Å². The highest BCUT2D eigenvalue weighted by atomic mass is 16.3. The fraction of sp³-hybridized carbons (Fsp3) is 0.611. The minimum absolute atomic E-state index is 0.000585. The molecule has 116 valence electrons. The fourth-order valence-electron chi connectivity index (χ4n) is 3.15. The molecule has 2 N–H and O–H groups in total. The second kappa shape index (κ2) is 8.18. The first-order chi connectivity index (χ1) is 10.2. The Bertz CT molecular complexity index is 441. The number of benzene rings is 1. The third kappa shape index (κ3) is 4.57. The first-order valence-corrected chi connectivity index (χ1v) is 8.22. The first-order valence-electron chi connectivity index (χ1n) is 8.22. The van der Waals surface area contributed by atoms with E-state index in [0.29, 0.717) is 18.4 Å². The van der Waals surface area contributed by atoms with Gasteiger partial charge in [0.25, 0.3) is 5.91 Å². The normalized spacial score (nSPS) is 21.4. The number of hydrogen-bond acceptors (Lipinski definition) is 2. The molecule has 0 aliphatic heterocycles. The average molecular weight is 289 g/mol. The van der Waals surface area contributed by atoms with Gasteiger partial charge in [-0.15, -0.1) is 0 Å². The van der Waals surface area contributed by atoms with Crippen molar-refractivity contribution in [1.82, 2.24) is 5.32 Å². The molecule has 2 rings (SSSR count). The van der Waals surface area contributed by atoms with E-state index < -0.39 is 0 Å². The summed E-state index contributed by atoms with van der Waals surface area (Å²) in [5.74, 6) is 0.796. The van der Waals surface area contributed by atoms with Crippen molar-refractivity contribution in [3.8, 4) is 0 Å². The van der Waals surface area contributed by atoms with Crippen LogP contribution < -0.4 is 5.32 Å². The fourth-order valence-corrected chi connectivity index (χ4v) is 3.15. The van der Waals surface area contributed by atoms with E-state index in [0.717, 1.165) is 31.2 Å². The van der Waals surface area contributed by atoms with Crippen molar-refractivity contribution in [2.45, 2.75) is 45.4 Å². The molecule has 0 aromatic heterocycles. The topological polar surface area (TPSA) is 49.3 Å². The van der Waals surface area contributed by atoms with E-state index >= 15 is 0 Å². The van der Waals surface area contributed by atoms with Gasteiger partial charge in [0.15, 0.2) is 0 Å². The van der Waals surface area contributed by atoms with Crippen LogP contribution in [0.4, 0.5) is 0 Å². The van der Waals surface area contributed by atoms with E-state index in [4.69, 9.17) is 0 Å². The predicted molar refractivity (Wildman–Crippen MR) is 85.3 cm³/mol. The van der Waals surface area contributed by atoms with Crippen LogP contribution >= 0.6 is 0 Å². The van der Waals surface area contributed by atoms with Crippen LogP contribution in [-0.2, 0) is 6.42 Å². The molecule has 1 aliphatic rings. The molecule has 3 heteroatoms. The molecule has 1 amide bonds. The molecular weight excluding hydrogens is 262 g/mol. The quantitative estimate of drug-likeness (QED) is 0.810. The van der Waals surface area contributed by atoms with Gasteiger partial charge in [-0.1, -0.05) is 31.9 Å². The zero-order valence-corrected chi connectivity index (χ0v) is 13.0. The molecule has 0 heterocycles. The Kier molecular flexibility index (Phi) is 6.24. The first kappa shape index (κ1) is 16.0. The predicted octanol–water partition coefficient (Wildman–Crippen LogP) is 3.17. The monoisotopic (exact) mass is 289 g/mol. The Morgan fingerprint density at radius 1 is 1.24 bits per heavy atom. The van der Waals surface area contributed by atoms with Gasteiger partial charge in [-0.2, -0.15) is 0 Å². The summed E-state index contributed by atoms with van der Waals surface area (Å²) >= 11 is 0. The zero-order chi connectivity index (χ0) is 15.1. The number of nitrogens with one attached hydrogen (secondary N) is 1. The smallest absolute Gasteiger partial charge is 0.251 e. The summed E-state index contributed by atoms with van der Waals surface area (Å²) in [6, 6.07) is 7.93. The lowest BCUT2D eigenvalue weighted by atomic mass is 9.97. The van der Waals surface area contributed by atoms with Gasteiger partial charge in [0.1, 0.15) is 0 Å². The van der Waals surface area contributed by atoms with Crippen LogP contribution in [0.3, 0.4) is 0 Å². The molecule has 1 saturated carbocycles. The lowest BCUT2D eigenvalue weighted by Gasteiger charge is -2.17. The number of carbonyl (C=O) groups excluding carboxylic acids is 1. The van der Waals surface area contributed by atoms with Gasteiger partial charge in [-0.3, -0.25) is 4.79 Å². The van der Waals surface area contributed by atoms with E-state index in [1.807, 2.05) is 12.1 Å². The number of amides is 1. The van der Waals surface area contributed by atoms with E-state index in [2.05, 4.69) is 24.4 Å². The van der Waals surface area contributed by atoms with E-state index in [1.165, 1.54) is 18.4 Å². The second-order valence-electron chi connectivity index (χ2n) is 6.14. The molecule has 1 aromatic rings. The molecule has 2 atom stereocenters. The van der Waals surface area contributed by atoms with Crippen LogP contribution in [0.2, 0.25) is 0 Å². The lowest BCUT2D eigenvalue weighted by molar-refractivity contribution is 0.0937. The molecule has 2 unspecified atom stereocenters. The number of aliphatic hydroxyl groups is 1. The number of aliphatic hydroxyl groups excluding tert-OH is 1. The Balaban J connectivity index is 1.82. The van der Waals surface area contributed by atoms with Crippen molar-refractivity contribution in [1.29, 1.82) is 0 Å². The number of aryl methyl sites for hydroxylation is 1. The molecule has 0 bridgehead atoms. The SMILES string of the molecule is CCCCc1ccc(C(=O)NCC2CCCC2CO)cc1. The third-order valence-corrected chi connectivity index (χ3v) is 4.61. The van der Waals surface area contributed by atoms with Gasteiger partial charge in [-0.05, 0) is 55.2 Å². The molecule has 21 heavy (non-hydrogen) atoms. The van der Waals surface area contributed by atoms with Gasteiger partial charge in [-0.25, -0.2) is 0 Å². The minimum Gasteiger partial charge on any atom is -0.396 e. The number of rotatable bonds is 7. The van der Waals surface area contributed by atoms with Gasteiger partial charge in [0.2, 0.25) is 0 Å². The number of unbranched alkanes of at least 4 members (excludes halogenated alkanes) is 1. The minimum atomic E-state index is 0.000585.